The number of nitrogens with one attached hydrogen (secondary N) is 2. The Hall–Kier alpha value is -2.65. The summed E-state index contributed by atoms with van der Waals surface area (Å²) in [5, 5.41) is 25.4. The van der Waals surface area contributed by atoms with Gasteiger partial charge >= 0.3 is 0 Å². The molecule has 27 heavy (non-hydrogen) atoms. The molecule has 0 amide bonds. The summed E-state index contributed by atoms with van der Waals surface area (Å²) in [6, 6.07) is 8.09. The zero-order valence-corrected chi connectivity index (χ0v) is 15.7. The summed E-state index contributed by atoms with van der Waals surface area (Å²) in [6.45, 7) is 2.07. The van der Waals surface area contributed by atoms with E-state index in [1.165, 1.54) is 24.0 Å². The van der Waals surface area contributed by atoms with Crippen molar-refractivity contribution in [1.29, 1.82) is 5.26 Å². The third-order valence-corrected chi connectivity index (χ3v) is 5.51. The van der Waals surface area contributed by atoms with Gasteiger partial charge in [-0.1, -0.05) is 0 Å². The van der Waals surface area contributed by atoms with E-state index in [0.29, 0.717) is 17.4 Å². The molecule has 0 spiro atoms. The van der Waals surface area contributed by atoms with Crippen molar-refractivity contribution in [2.45, 2.75) is 44.6 Å². The number of hydrogen-bond donors (Lipinski definition) is 2. The van der Waals surface area contributed by atoms with Crippen LogP contribution < -0.4 is 15.4 Å². The molecule has 4 rings (SSSR count). The van der Waals surface area contributed by atoms with Crippen LogP contribution in [0.5, 0.6) is 5.75 Å². The van der Waals surface area contributed by atoms with Crippen LogP contribution in [0.3, 0.4) is 0 Å². The lowest BCUT2D eigenvalue weighted by molar-refractivity contribution is 0.416. The molecule has 2 aromatic rings. The van der Waals surface area contributed by atoms with Crippen molar-refractivity contribution in [3.8, 4) is 23.1 Å². The number of ether oxygens (including phenoxy) is 1. The molecule has 1 atom stereocenters. The van der Waals surface area contributed by atoms with Gasteiger partial charge in [-0.15, -0.1) is 10.2 Å². The Balaban J connectivity index is 1.73. The zero-order valence-electron chi connectivity index (χ0n) is 15.7. The van der Waals surface area contributed by atoms with Gasteiger partial charge in [0.1, 0.15) is 11.4 Å². The van der Waals surface area contributed by atoms with Crippen LogP contribution >= 0.6 is 0 Å². The minimum Gasteiger partial charge on any atom is -0.496 e. The number of rotatable bonds is 4. The minimum absolute atomic E-state index is 0.411. The highest BCUT2D eigenvalue weighted by atomic mass is 16.5. The smallest absolute Gasteiger partial charge is 0.152 e. The van der Waals surface area contributed by atoms with Crippen LogP contribution in [0, 0.1) is 11.3 Å². The van der Waals surface area contributed by atoms with Crippen molar-refractivity contribution in [2.75, 3.05) is 25.5 Å². The summed E-state index contributed by atoms with van der Waals surface area (Å²) >= 11 is 0. The van der Waals surface area contributed by atoms with Gasteiger partial charge in [-0.25, -0.2) is 0 Å². The Kier molecular flexibility index (Phi) is 5.21. The van der Waals surface area contributed by atoms with E-state index >= 15 is 0 Å². The third-order valence-electron chi connectivity index (χ3n) is 5.51. The molecule has 1 saturated heterocycles. The van der Waals surface area contributed by atoms with E-state index in [1.54, 1.807) is 13.2 Å². The van der Waals surface area contributed by atoms with E-state index in [1.807, 2.05) is 12.1 Å². The quantitative estimate of drug-likeness (QED) is 0.869. The average molecular weight is 363 g/mol. The van der Waals surface area contributed by atoms with Crippen molar-refractivity contribution < 1.29 is 4.74 Å². The second-order valence-electron chi connectivity index (χ2n) is 7.28. The molecule has 0 bridgehead atoms. The summed E-state index contributed by atoms with van der Waals surface area (Å²) in [5.41, 5.74) is 4.95. The number of piperidine rings is 1. The predicted molar refractivity (Wildman–Crippen MR) is 105 cm³/mol. The number of fused-ring (bicyclic) bond motifs is 1. The highest BCUT2D eigenvalue weighted by Crippen LogP contribution is 2.37. The predicted octanol–water partition coefficient (Wildman–Crippen LogP) is 3.07. The number of nitrogens with zero attached hydrogens (tertiary/aromatic N) is 3. The maximum atomic E-state index is 9.16. The number of aromatic nitrogens is 2. The first kappa shape index (κ1) is 17.7. The third kappa shape index (κ3) is 3.60. The van der Waals surface area contributed by atoms with Crippen LogP contribution in [0.4, 0.5) is 5.82 Å². The number of hydrogen-bond acceptors (Lipinski definition) is 6. The lowest BCUT2D eigenvalue weighted by Gasteiger charge is -2.27. The Labute approximate surface area is 160 Å². The van der Waals surface area contributed by atoms with E-state index in [0.717, 1.165) is 55.8 Å². The Morgan fingerprint density at radius 2 is 2.04 bits per heavy atom. The van der Waals surface area contributed by atoms with Crippen molar-refractivity contribution in [3.05, 3.63) is 34.9 Å². The molecule has 1 aromatic carbocycles. The van der Waals surface area contributed by atoms with Crippen molar-refractivity contribution >= 4 is 5.82 Å². The van der Waals surface area contributed by atoms with E-state index in [9.17, 15) is 0 Å². The second-order valence-corrected chi connectivity index (χ2v) is 7.28. The largest absolute Gasteiger partial charge is 0.496 e. The molecule has 140 valence electrons. The Morgan fingerprint density at radius 3 is 2.78 bits per heavy atom. The Morgan fingerprint density at radius 1 is 1.19 bits per heavy atom. The molecule has 2 aliphatic rings. The van der Waals surface area contributed by atoms with Crippen LogP contribution in [0.1, 0.15) is 42.4 Å². The van der Waals surface area contributed by atoms with E-state index in [4.69, 9.17) is 10.00 Å². The van der Waals surface area contributed by atoms with Crippen molar-refractivity contribution in [1.82, 2.24) is 15.5 Å². The maximum absolute atomic E-state index is 9.16. The summed E-state index contributed by atoms with van der Waals surface area (Å²) in [6.07, 6.45) is 6.72. The van der Waals surface area contributed by atoms with Gasteiger partial charge in [0, 0.05) is 23.7 Å². The van der Waals surface area contributed by atoms with E-state index in [-0.39, 0.29) is 0 Å². The maximum Gasteiger partial charge on any atom is 0.152 e. The minimum atomic E-state index is 0.411. The highest BCUT2D eigenvalue weighted by molar-refractivity contribution is 5.73. The van der Waals surface area contributed by atoms with Gasteiger partial charge in [-0.05, 0) is 68.8 Å². The van der Waals surface area contributed by atoms with Crippen molar-refractivity contribution in [3.63, 3.8) is 0 Å². The molecule has 6 nitrogen and oxygen atoms in total. The van der Waals surface area contributed by atoms with Gasteiger partial charge in [-0.2, -0.15) is 5.26 Å². The molecule has 1 aliphatic carbocycles. The normalized spacial score (nSPS) is 19.0. The molecule has 1 unspecified atom stereocenters. The average Bonchev–Trinajstić information content (AvgIpc) is 2.74. The topological polar surface area (TPSA) is 82.9 Å². The first-order valence-corrected chi connectivity index (χ1v) is 9.74. The fourth-order valence-corrected chi connectivity index (χ4v) is 4.11. The zero-order chi connectivity index (χ0) is 18.6. The first-order valence-electron chi connectivity index (χ1n) is 9.74. The lowest BCUT2D eigenvalue weighted by atomic mass is 9.88. The number of anilines is 1. The van der Waals surface area contributed by atoms with E-state index in [2.05, 4.69) is 26.9 Å². The van der Waals surface area contributed by atoms with Crippen LogP contribution in [0.25, 0.3) is 11.3 Å². The van der Waals surface area contributed by atoms with Crippen LogP contribution in [-0.2, 0) is 12.8 Å². The SMILES string of the molecule is COc1cc(C#N)ccc1-c1nnc(NC2CCCNC2)c2c1CCCC2. The lowest BCUT2D eigenvalue weighted by Crippen LogP contribution is -2.39. The highest BCUT2D eigenvalue weighted by Gasteiger charge is 2.24. The molecule has 0 radical (unpaired) electrons. The summed E-state index contributed by atoms with van der Waals surface area (Å²) in [4.78, 5) is 0. The molecular weight excluding hydrogens is 338 g/mol. The fourth-order valence-electron chi connectivity index (χ4n) is 4.11. The molecule has 6 heteroatoms. The van der Waals surface area contributed by atoms with Crippen LogP contribution in [-0.4, -0.2) is 36.4 Å². The summed E-state index contributed by atoms with van der Waals surface area (Å²) < 4.78 is 5.54. The van der Waals surface area contributed by atoms with Gasteiger partial charge in [-0.3, -0.25) is 0 Å². The molecule has 1 aromatic heterocycles. The van der Waals surface area contributed by atoms with Crippen LogP contribution in [0.15, 0.2) is 18.2 Å². The van der Waals surface area contributed by atoms with Gasteiger partial charge in [0.05, 0.1) is 18.7 Å². The first-order chi connectivity index (χ1) is 13.3. The summed E-state index contributed by atoms with van der Waals surface area (Å²) in [5.74, 6) is 1.61. The van der Waals surface area contributed by atoms with Gasteiger partial charge in [0.15, 0.2) is 5.82 Å². The molecule has 1 fully saturated rings. The molecule has 1 aliphatic heterocycles. The van der Waals surface area contributed by atoms with Gasteiger partial charge in [0.25, 0.3) is 0 Å². The monoisotopic (exact) mass is 363 g/mol. The fraction of sp³-hybridized carbons (Fsp3) is 0.476. The van der Waals surface area contributed by atoms with Gasteiger partial charge < -0.3 is 15.4 Å². The van der Waals surface area contributed by atoms with Crippen molar-refractivity contribution in [2.24, 2.45) is 0 Å². The molecule has 2 N–H and O–H groups in total. The summed E-state index contributed by atoms with van der Waals surface area (Å²) in [7, 11) is 1.63. The molecule has 2 heterocycles. The second kappa shape index (κ2) is 7.93. The van der Waals surface area contributed by atoms with Gasteiger partial charge in [0.2, 0.25) is 0 Å². The molecule has 0 saturated carbocycles. The van der Waals surface area contributed by atoms with Crippen LogP contribution in [0.2, 0.25) is 0 Å². The molecular formula is C21H25N5O. The number of methoxy groups -OCH3 is 1. The van der Waals surface area contributed by atoms with E-state index < -0.39 is 0 Å². The standard InChI is InChI=1S/C21H25N5O/c1-27-19-11-14(12-22)8-9-18(19)20-16-6-2-3-7-17(16)21(26-25-20)24-15-5-4-10-23-13-15/h8-9,11,15,23H,2-7,10,13H2,1H3,(H,24,26). The Bertz CT molecular complexity index is 868. The number of benzene rings is 1. The number of nitriles is 1.